The van der Waals surface area contributed by atoms with Crippen molar-refractivity contribution in [3.05, 3.63) is 151 Å². The molecular weight excluding hydrogens is 835 g/mol. The summed E-state index contributed by atoms with van der Waals surface area (Å²) in [6.07, 6.45) is 15.8. The Labute approximate surface area is 397 Å². The molecule has 0 amide bonds. The molecule has 0 radical (unpaired) electrons. The smallest absolute Gasteiger partial charge is 0.164 e. The molecule has 5 aromatic carbocycles. The Bertz CT molecular complexity index is 3000. The molecular formula is C59H53N9. The Kier molecular flexibility index (Phi) is 9.38. The lowest BCUT2D eigenvalue weighted by Crippen LogP contribution is -2.51. The van der Waals surface area contributed by atoms with Crippen LogP contribution in [0, 0.1) is 35.5 Å². The third kappa shape index (κ3) is 7.15. The molecule has 0 spiro atoms. The van der Waals surface area contributed by atoms with Crippen LogP contribution >= 0.6 is 0 Å². The van der Waals surface area contributed by atoms with Gasteiger partial charge in [-0.15, -0.1) is 0 Å². The van der Waals surface area contributed by atoms with E-state index in [0.29, 0.717) is 34.9 Å². The summed E-state index contributed by atoms with van der Waals surface area (Å²) in [5.41, 5.74) is 6.57. The minimum absolute atomic E-state index is 0.0717. The van der Waals surface area contributed by atoms with Crippen LogP contribution in [0.1, 0.15) is 88.7 Å². The van der Waals surface area contributed by atoms with Gasteiger partial charge in [0.25, 0.3) is 0 Å². The van der Waals surface area contributed by atoms with Gasteiger partial charge >= 0.3 is 0 Å². The maximum Gasteiger partial charge on any atom is 0.164 e. The lowest BCUT2D eigenvalue weighted by molar-refractivity contribution is -0.0155. The summed E-state index contributed by atoms with van der Waals surface area (Å²) < 4.78 is 0. The van der Waals surface area contributed by atoms with E-state index in [4.69, 9.17) is 44.9 Å². The fourth-order valence-corrected chi connectivity index (χ4v) is 14.6. The van der Waals surface area contributed by atoms with Crippen molar-refractivity contribution in [2.45, 2.75) is 87.9 Å². The standard InChI is InChI=1S/C59H53N9/c1-4-11-42(12-5-1)49-60-50(43-13-6-2-7-14-43)62-52(61-49)45-19-21-46(22-20-45)53-63-51(44-15-8-3-9-16-44)64-54(65-53)47-17-10-18-48(29-47)55-66-56(58-30-36-23-37(31-58)25-38(24-36)32-58)68-57(67-55)59-33-39-26-40(34-59)28-41(27-39)35-59/h1-22,29,36-41H,23-28,30-35H2. The first-order valence-corrected chi connectivity index (χ1v) is 25.1. The second-order valence-corrected chi connectivity index (χ2v) is 21.6. The van der Waals surface area contributed by atoms with Gasteiger partial charge in [0, 0.05) is 49.8 Å². The number of aromatic nitrogens is 9. The van der Waals surface area contributed by atoms with E-state index < -0.39 is 0 Å². The first-order valence-electron chi connectivity index (χ1n) is 25.1. The Morgan fingerprint density at radius 3 is 0.809 bits per heavy atom. The van der Waals surface area contributed by atoms with Crippen LogP contribution in [0.25, 0.3) is 79.7 Å². The van der Waals surface area contributed by atoms with E-state index in [9.17, 15) is 0 Å². The van der Waals surface area contributed by atoms with Gasteiger partial charge in [0.05, 0.1) is 0 Å². The number of nitrogens with zero attached hydrogens (tertiary/aromatic N) is 9. The number of rotatable bonds is 9. The zero-order valence-corrected chi connectivity index (χ0v) is 38.3. The molecule has 16 rings (SSSR count). The molecule has 0 atom stereocenters. The molecule has 9 nitrogen and oxygen atoms in total. The predicted octanol–water partition coefficient (Wildman–Crippen LogP) is 12.8. The summed E-state index contributed by atoms with van der Waals surface area (Å²) in [7, 11) is 0. The van der Waals surface area contributed by atoms with E-state index in [1.807, 2.05) is 91.0 Å². The molecule has 0 unspecified atom stereocenters. The lowest BCUT2D eigenvalue weighted by atomic mass is 9.49. The molecule has 0 N–H and O–H groups in total. The molecule has 68 heavy (non-hydrogen) atoms. The highest BCUT2D eigenvalue weighted by Crippen LogP contribution is 2.62. The Hall–Kier alpha value is -6.87. The van der Waals surface area contributed by atoms with Gasteiger partial charge in [-0.25, -0.2) is 44.9 Å². The molecule has 0 saturated heterocycles. The van der Waals surface area contributed by atoms with Gasteiger partial charge in [-0.05, 0) is 119 Å². The molecule has 334 valence electrons. The van der Waals surface area contributed by atoms with Gasteiger partial charge in [-0.2, -0.15) is 0 Å². The van der Waals surface area contributed by atoms with Gasteiger partial charge in [0.1, 0.15) is 11.6 Å². The van der Waals surface area contributed by atoms with Gasteiger partial charge in [-0.3, -0.25) is 0 Å². The molecule has 3 aromatic heterocycles. The Morgan fingerprint density at radius 1 is 0.250 bits per heavy atom. The normalized spacial score (nSPS) is 27.4. The highest BCUT2D eigenvalue weighted by Gasteiger charge is 2.56. The van der Waals surface area contributed by atoms with Crippen molar-refractivity contribution < 1.29 is 0 Å². The zero-order valence-electron chi connectivity index (χ0n) is 38.3. The largest absolute Gasteiger partial charge is 0.217 e. The third-order valence-corrected chi connectivity index (χ3v) is 16.8. The van der Waals surface area contributed by atoms with Crippen molar-refractivity contribution in [3.63, 3.8) is 0 Å². The maximum atomic E-state index is 5.71. The number of benzene rings is 5. The first-order chi connectivity index (χ1) is 33.4. The van der Waals surface area contributed by atoms with Crippen LogP contribution in [-0.2, 0) is 10.8 Å². The van der Waals surface area contributed by atoms with Gasteiger partial charge < -0.3 is 0 Å². The topological polar surface area (TPSA) is 116 Å². The molecule has 8 aliphatic carbocycles. The quantitative estimate of drug-likeness (QED) is 0.140. The summed E-state index contributed by atoms with van der Waals surface area (Å²) in [6.45, 7) is 0. The fourth-order valence-electron chi connectivity index (χ4n) is 14.6. The molecule has 0 aliphatic heterocycles. The SMILES string of the molecule is c1ccc(-c2nc(-c3ccccc3)nc(-c3ccc(-c4nc(-c5ccccc5)nc(-c5cccc(-c6nc(C78CC9CC(CC(C9)C7)C8)nc(C78CC9CC(CC(C9)C7)C8)n6)c5)n4)cc3)n2)cc1. The summed E-state index contributed by atoms with van der Waals surface area (Å²) in [6, 6.07) is 47.1. The molecule has 8 aromatic rings. The number of hydrogen-bond donors (Lipinski definition) is 0. The van der Waals surface area contributed by atoms with Crippen molar-refractivity contribution >= 4 is 0 Å². The highest BCUT2D eigenvalue weighted by molar-refractivity contribution is 5.72. The monoisotopic (exact) mass is 887 g/mol. The first kappa shape index (κ1) is 40.2. The van der Waals surface area contributed by atoms with Gasteiger partial charge in [0.2, 0.25) is 0 Å². The molecule has 8 fully saturated rings. The summed E-state index contributed by atoms with van der Waals surface area (Å²) in [4.78, 5) is 47.2. The summed E-state index contributed by atoms with van der Waals surface area (Å²) in [5, 5.41) is 0. The van der Waals surface area contributed by atoms with Crippen molar-refractivity contribution in [2.75, 3.05) is 0 Å². The van der Waals surface area contributed by atoms with E-state index in [2.05, 4.69) is 48.5 Å². The van der Waals surface area contributed by atoms with Crippen molar-refractivity contribution in [1.82, 2.24) is 44.9 Å². The van der Waals surface area contributed by atoms with Crippen molar-refractivity contribution in [3.8, 4) is 79.7 Å². The highest BCUT2D eigenvalue weighted by atomic mass is 15.1. The van der Waals surface area contributed by atoms with Crippen LogP contribution in [0.4, 0.5) is 0 Å². The van der Waals surface area contributed by atoms with Crippen LogP contribution in [0.5, 0.6) is 0 Å². The molecule has 8 aliphatic rings. The Balaban J connectivity index is 0.853. The van der Waals surface area contributed by atoms with Crippen molar-refractivity contribution in [1.29, 1.82) is 0 Å². The fraction of sp³-hybridized carbons (Fsp3) is 0.339. The molecule has 3 heterocycles. The van der Waals surface area contributed by atoms with E-state index in [-0.39, 0.29) is 10.8 Å². The lowest BCUT2D eigenvalue weighted by Gasteiger charge is -2.57. The maximum absolute atomic E-state index is 5.71. The minimum Gasteiger partial charge on any atom is -0.217 e. The third-order valence-electron chi connectivity index (χ3n) is 16.8. The van der Waals surface area contributed by atoms with E-state index >= 15 is 0 Å². The minimum atomic E-state index is 0.0717. The predicted molar refractivity (Wildman–Crippen MR) is 264 cm³/mol. The second kappa shape index (κ2) is 15.9. The van der Waals surface area contributed by atoms with Gasteiger partial charge in [-0.1, -0.05) is 133 Å². The molecule has 8 saturated carbocycles. The van der Waals surface area contributed by atoms with Crippen LogP contribution in [-0.4, -0.2) is 44.9 Å². The summed E-state index contributed by atoms with van der Waals surface area (Å²) in [5.74, 6) is 11.5. The number of hydrogen-bond acceptors (Lipinski definition) is 9. The molecule has 9 heteroatoms. The van der Waals surface area contributed by atoms with E-state index in [0.717, 1.165) is 91.9 Å². The average Bonchev–Trinajstić information content (AvgIpc) is 3.38. The second-order valence-electron chi connectivity index (χ2n) is 21.6. The van der Waals surface area contributed by atoms with Crippen molar-refractivity contribution in [2.24, 2.45) is 35.5 Å². The average molecular weight is 888 g/mol. The van der Waals surface area contributed by atoms with Gasteiger partial charge in [0.15, 0.2) is 40.8 Å². The van der Waals surface area contributed by atoms with Crippen LogP contribution < -0.4 is 0 Å². The van der Waals surface area contributed by atoms with Crippen LogP contribution in [0.3, 0.4) is 0 Å². The zero-order chi connectivity index (χ0) is 44.8. The van der Waals surface area contributed by atoms with E-state index in [1.54, 1.807) is 0 Å². The van der Waals surface area contributed by atoms with Crippen LogP contribution in [0.15, 0.2) is 140 Å². The Morgan fingerprint density at radius 2 is 0.500 bits per heavy atom. The summed E-state index contributed by atoms with van der Waals surface area (Å²) >= 11 is 0. The van der Waals surface area contributed by atoms with Crippen LogP contribution in [0.2, 0.25) is 0 Å². The molecule has 8 bridgehead atoms. The van der Waals surface area contributed by atoms with E-state index in [1.165, 1.54) is 77.0 Å².